The maximum absolute atomic E-state index is 11.8. The van der Waals surface area contributed by atoms with Gasteiger partial charge in [0.15, 0.2) is 0 Å². The zero-order valence-electron chi connectivity index (χ0n) is 12.9. The van der Waals surface area contributed by atoms with Crippen LogP contribution in [-0.4, -0.2) is 24.9 Å². The fourth-order valence-corrected chi connectivity index (χ4v) is 1.80. The summed E-state index contributed by atoms with van der Waals surface area (Å²) in [5.41, 5.74) is 0.540. The van der Waals surface area contributed by atoms with Crippen LogP contribution < -0.4 is 10.2 Å². The van der Waals surface area contributed by atoms with Crippen molar-refractivity contribution in [1.29, 1.82) is 5.26 Å². The smallest absolute Gasteiger partial charge is 0.225 e. The third-order valence-electron chi connectivity index (χ3n) is 3.00. The van der Waals surface area contributed by atoms with Crippen molar-refractivity contribution < 1.29 is 9.59 Å². The number of nitrogens with zero attached hydrogens (tertiary/aromatic N) is 2. The molecule has 0 radical (unpaired) electrons. The first-order valence-electron chi connectivity index (χ1n) is 6.83. The van der Waals surface area contributed by atoms with Crippen LogP contribution in [0.3, 0.4) is 0 Å². The van der Waals surface area contributed by atoms with Gasteiger partial charge in [-0.15, -0.1) is 0 Å². The minimum absolute atomic E-state index is 0.0698. The van der Waals surface area contributed by atoms with E-state index in [2.05, 4.69) is 11.4 Å². The van der Waals surface area contributed by atoms with Crippen LogP contribution in [0.15, 0.2) is 24.3 Å². The van der Waals surface area contributed by atoms with Gasteiger partial charge in [-0.05, 0) is 12.1 Å². The van der Waals surface area contributed by atoms with Crippen molar-refractivity contribution in [2.45, 2.75) is 27.7 Å². The molecule has 0 aliphatic heterocycles. The number of hydrogen-bond acceptors (Lipinski definition) is 3. The van der Waals surface area contributed by atoms with E-state index in [9.17, 15) is 9.59 Å². The maximum atomic E-state index is 11.8. The first-order valence-corrected chi connectivity index (χ1v) is 6.83. The van der Waals surface area contributed by atoms with E-state index in [1.807, 2.05) is 20.8 Å². The molecule has 5 nitrogen and oxygen atoms in total. The van der Waals surface area contributed by atoms with Crippen molar-refractivity contribution in [3.8, 4) is 6.07 Å². The van der Waals surface area contributed by atoms with Gasteiger partial charge >= 0.3 is 0 Å². The van der Waals surface area contributed by atoms with Gasteiger partial charge in [0.25, 0.3) is 0 Å². The summed E-state index contributed by atoms with van der Waals surface area (Å²) in [6.45, 7) is 7.60. The van der Waals surface area contributed by atoms with E-state index < -0.39 is 5.41 Å². The first-order chi connectivity index (χ1) is 9.77. The van der Waals surface area contributed by atoms with Crippen molar-refractivity contribution in [1.82, 2.24) is 5.32 Å². The summed E-state index contributed by atoms with van der Waals surface area (Å²) in [5, 5.41) is 11.9. The highest BCUT2D eigenvalue weighted by atomic mass is 16.2. The molecule has 5 heteroatoms. The second-order valence-corrected chi connectivity index (χ2v) is 5.81. The molecule has 0 spiro atoms. The molecule has 0 bridgehead atoms. The molecule has 1 aromatic rings. The van der Waals surface area contributed by atoms with E-state index >= 15 is 0 Å². The third kappa shape index (κ3) is 4.60. The number of nitrogens with one attached hydrogen (secondary N) is 1. The molecule has 2 amide bonds. The van der Waals surface area contributed by atoms with Crippen LogP contribution in [-0.2, 0) is 9.59 Å². The van der Waals surface area contributed by atoms with Gasteiger partial charge in [-0.25, -0.2) is 0 Å². The molecule has 112 valence electrons. The van der Waals surface area contributed by atoms with Gasteiger partial charge < -0.3 is 10.2 Å². The summed E-state index contributed by atoms with van der Waals surface area (Å²) in [7, 11) is 0. The van der Waals surface area contributed by atoms with Crippen LogP contribution in [0.25, 0.3) is 0 Å². The number of rotatable bonds is 4. The van der Waals surface area contributed by atoms with Crippen LogP contribution >= 0.6 is 0 Å². The summed E-state index contributed by atoms with van der Waals surface area (Å²) < 4.78 is 0. The quantitative estimate of drug-likeness (QED) is 0.921. The van der Waals surface area contributed by atoms with Crippen LogP contribution in [0, 0.1) is 16.7 Å². The summed E-state index contributed by atoms with van der Waals surface area (Å²) >= 11 is 0. The highest BCUT2D eigenvalue weighted by molar-refractivity contribution is 5.93. The van der Waals surface area contributed by atoms with Crippen molar-refractivity contribution in [3.05, 3.63) is 29.8 Å². The van der Waals surface area contributed by atoms with Crippen molar-refractivity contribution >= 4 is 17.5 Å². The van der Waals surface area contributed by atoms with Crippen LogP contribution in [0.5, 0.6) is 0 Å². The summed E-state index contributed by atoms with van der Waals surface area (Å²) in [6.07, 6.45) is 0. The predicted octanol–water partition coefficient (Wildman–Crippen LogP) is 2.07. The van der Waals surface area contributed by atoms with Crippen LogP contribution in [0.4, 0.5) is 5.69 Å². The lowest BCUT2D eigenvalue weighted by atomic mass is 9.96. The molecule has 0 aliphatic carbocycles. The number of amides is 2. The predicted molar refractivity (Wildman–Crippen MR) is 81.6 cm³/mol. The highest BCUT2D eigenvalue weighted by Gasteiger charge is 2.21. The standard InChI is InChI=1S/C16H21N3O2/c1-12(20)19(10-9-18-15(21)16(2,3)4)14-8-6-5-7-13(14)11-17/h5-8H,9-10H2,1-4H3,(H,18,21). The molecule has 0 saturated heterocycles. The van der Waals surface area contributed by atoms with Crippen molar-refractivity contribution in [2.75, 3.05) is 18.0 Å². The minimum Gasteiger partial charge on any atom is -0.354 e. The Hall–Kier alpha value is -2.35. The lowest BCUT2D eigenvalue weighted by molar-refractivity contribution is -0.128. The molecular formula is C16H21N3O2. The molecule has 0 atom stereocenters. The highest BCUT2D eigenvalue weighted by Crippen LogP contribution is 2.19. The van der Waals surface area contributed by atoms with Gasteiger partial charge in [-0.3, -0.25) is 9.59 Å². The number of carbonyl (C=O) groups is 2. The van der Waals surface area contributed by atoms with Crippen molar-refractivity contribution in [3.63, 3.8) is 0 Å². The van der Waals surface area contributed by atoms with E-state index in [0.29, 0.717) is 24.3 Å². The Bertz CT molecular complexity index is 568. The summed E-state index contributed by atoms with van der Waals surface area (Å²) in [5.74, 6) is -0.234. The van der Waals surface area contributed by atoms with Gasteiger partial charge in [0, 0.05) is 25.4 Å². The van der Waals surface area contributed by atoms with Gasteiger partial charge in [0.2, 0.25) is 11.8 Å². The SMILES string of the molecule is CC(=O)N(CCNC(=O)C(C)(C)C)c1ccccc1C#N. The molecule has 0 heterocycles. The molecule has 0 saturated carbocycles. The third-order valence-corrected chi connectivity index (χ3v) is 3.00. The van der Waals surface area contributed by atoms with Gasteiger partial charge in [-0.2, -0.15) is 5.26 Å². The van der Waals surface area contributed by atoms with Crippen LogP contribution in [0.1, 0.15) is 33.3 Å². The molecule has 1 rings (SSSR count). The number of nitriles is 1. The normalized spacial score (nSPS) is 10.6. The number of anilines is 1. The lowest BCUT2D eigenvalue weighted by Crippen LogP contribution is -2.41. The lowest BCUT2D eigenvalue weighted by Gasteiger charge is -2.24. The molecule has 21 heavy (non-hydrogen) atoms. The Balaban J connectivity index is 2.79. The monoisotopic (exact) mass is 287 g/mol. The molecule has 0 fully saturated rings. The zero-order chi connectivity index (χ0) is 16.0. The van der Waals surface area contributed by atoms with E-state index in [1.165, 1.54) is 11.8 Å². The Morgan fingerprint density at radius 3 is 2.43 bits per heavy atom. The Kier molecular flexibility index (Phi) is 5.48. The average Bonchev–Trinajstić information content (AvgIpc) is 2.42. The second kappa shape index (κ2) is 6.89. The van der Waals surface area contributed by atoms with E-state index in [1.54, 1.807) is 24.3 Å². The molecule has 0 aliphatic rings. The average molecular weight is 287 g/mol. The first kappa shape index (κ1) is 16.7. The zero-order valence-corrected chi connectivity index (χ0v) is 12.9. The van der Waals surface area contributed by atoms with Gasteiger partial charge in [0.05, 0.1) is 11.3 Å². The fourth-order valence-electron chi connectivity index (χ4n) is 1.80. The van der Waals surface area contributed by atoms with Gasteiger partial charge in [0.1, 0.15) is 6.07 Å². The Morgan fingerprint density at radius 2 is 1.90 bits per heavy atom. The Morgan fingerprint density at radius 1 is 1.29 bits per heavy atom. The van der Waals surface area contributed by atoms with E-state index in [-0.39, 0.29) is 11.8 Å². The number of para-hydroxylation sites is 1. The number of hydrogen-bond donors (Lipinski definition) is 1. The van der Waals surface area contributed by atoms with Crippen molar-refractivity contribution in [2.24, 2.45) is 5.41 Å². The Labute approximate surface area is 125 Å². The fraction of sp³-hybridized carbons (Fsp3) is 0.438. The molecule has 1 N–H and O–H groups in total. The number of benzene rings is 1. The van der Waals surface area contributed by atoms with E-state index in [0.717, 1.165) is 0 Å². The number of carbonyl (C=O) groups excluding carboxylic acids is 2. The van der Waals surface area contributed by atoms with Crippen LogP contribution in [0.2, 0.25) is 0 Å². The molecule has 0 unspecified atom stereocenters. The maximum Gasteiger partial charge on any atom is 0.225 e. The molecule has 0 aromatic heterocycles. The minimum atomic E-state index is -0.467. The summed E-state index contributed by atoms with van der Waals surface area (Å²) in [6, 6.07) is 9.00. The second-order valence-electron chi connectivity index (χ2n) is 5.81. The molecular weight excluding hydrogens is 266 g/mol. The van der Waals surface area contributed by atoms with E-state index in [4.69, 9.17) is 5.26 Å². The largest absolute Gasteiger partial charge is 0.354 e. The summed E-state index contributed by atoms with van der Waals surface area (Å²) in [4.78, 5) is 25.1. The molecule has 1 aromatic carbocycles. The topological polar surface area (TPSA) is 73.2 Å². The van der Waals surface area contributed by atoms with Gasteiger partial charge in [-0.1, -0.05) is 32.9 Å².